The van der Waals surface area contributed by atoms with E-state index in [1.807, 2.05) is 13.0 Å². The van der Waals surface area contributed by atoms with Gasteiger partial charge in [-0.1, -0.05) is 29.3 Å². The minimum atomic E-state index is -4.11. The van der Waals surface area contributed by atoms with Crippen LogP contribution in [0.15, 0.2) is 41.3 Å². The molecule has 3 atom stereocenters. The summed E-state index contributed by atoms with van der Waals surface area (Å²) < 4.78 is 27.5. The first-order valence-corrected chi connectivity index (χ1v) is 12.7. The smallest absolute Gasteiger partial charge is 0.316 e. The summed E-state index contributed by atoms with van der Waals surface area (Å²) in [5.41, 5.74) is 1.79. The van der Waals surface area contributed by atoms with Gasteiger partial charge in [-0.15, -0.1) is 0 Å². The zero-order valence-electron chi connectivity index (χ0n) is 18.7. The Hall–Kier alpha value is -3.62. The Morgan fingerprint density at radius 1 is 1.14 bits per heavy atom. The number of carbonyl (C=O) groups is 3. The maximum atomic E-state index is 13.4. The molecule has 3 aliphatic rings. The number of aryl methyl sites for hydroxylation is 1. The van der Waals surface area contributed by atoms with Gasteiger partial charge < -0.3 is 9.80 Å². The highest BCUT2D eigenvalue weighted by Gasteiger charge is 2.63. The first-order valence-electron chi connectivity index (χ1n) is 10.8. The summed E-state index contributed by atoms with van der Waals surface area (Å²) in [5, 5.41) is 9.34. The SMILES string of the molecule is Cc1ccc(S(=O)(=O)NC(=O)N2C[C@@H]3C[C@H]2[C@H]2C(=O)N(c4ccc(C#N)c(Cl)c4C)C(=O)N32)cc1. The van der Waals surface area contributed by atoms with Gasteiger partial charge in [0.05, 0.1) is 33.3 Å². The lowest BCUT2D eigenvalue weighted by atomic mass is 10.1. The van der Waals surface area contributed by atoms with Gasteiger partial charge in [0.2, 0.25) is 0 Å². The van der Waals surface area contributed by atoms with Gasteiger partial charge in [0.25, 0.3) is 15.9 Å². The Balaban J connectivity index is 1.39. The van der Waals surface area contributed by atoms with E-state index >= 15 is 0 Å². The quantitative estimate of drug-likeness (QED) is 0.627. The zero-order chi connectivity index (χ0) is 25.2. The van der Waals surface area contributed by atoms with Gasteiger partial charge in [-0.05, 0) is 50.1 Å². The van der Waals surface area contributed by atoms with Crippen LogP contribution in [0.3, 0.4) is 0 Å². The summed E-state index contributed by atoms with van der Waals surface area (Å²) in [6, 6.07) is 7.60. The maximum absolute atomic E-state index is 13.4. The number of nitrogens with zero attached hydrogens (tertiary/aromatic N) is 4. The monoisotopic (exact) mass is 513 g/mol. The number of anilines is 1. The zero-order valence-corrected chi connectivity index (χ0v) is 20.3. The van der Waals surface area contributed by atoms with E-state index in [4.69, 9.17) is 11.6 Å². The van der Waals surface area contributed by atoms with Gasteiger partial charge in [-0.3, -0.25) is 4.79 Å². The van der Waals surface area contributed by atoms with Gasteiger partial charge in [-0.25, -0.2) is 27.6 Å². The van der Waals surface area contributed by atoms with E-state index in [-0.39, 0.29) is 27.7 Å². The number of hydrogen-bond acceptors (Lipinski definition) is 6. The van der Waals surface area contributed by atoms with Crippen molar-refractivity contribution in [2.75, 3.05) is 11.4 Å². The number of nitriles is 1. The Morgan fingerprint density at radius 2 is 1.83 bits per heavy atom. The van der Waals surface area contributed by atoms with Crippen molar-refractivity contribution in [3.8, 4) is 6.07 Å². The number of rotatable bonds is 3. The van der Waals surface area contributed by atoms with Crippen molar-refractivity contribution in [1.29, 1.82) is 5.26 Å². The molecule has 5 amide bonds. The van der Waals surface area contributed by atoms with Gasteiger partial charge in [0.15, 0.2) is 0 Å². The summed E-state index contributed by atoms with van der Waals surface area (Å²) in [7, 11) is -4.11. The molecule has 3 fully saturated rings. The van der Waals surface area contributed by atoms with Gasteiger partial charge in [0.1, 0.15) is 12.1 Å². The Kier molecular flexibility index (Phi) is 5.27. The summed E-state index contributed by atoms with van der Waals surface area (Å²) >= 11 is 6.24. The Bertz CT molecular complexity index is 1440. The first kappa shape index (κ1) is 23.1. The highest BCUT2D eigenvalue weighted by molar-refractivity contribution is 7.90. The summed E-state index contributed by atoms with van der Waals surface area (Å²) in [4.78, 5) is 43.3. The third-order valence-corrected chi connectivity index (χ3v) is 8.62. The molecule has 12 heteroatoms. The fourth-order valence-corrected chi connectivity index (χ4v) is 6.23. The second-order valence-electron chi connectivity index (χ2n) is 8.82. The molecule has 3 aliphatic heterocycles. The van der Waals surface area contributed by atoms with Crippen LogP contribution < -0.4 is 9.62 Å². The van der Waals surface area contributed by atoms with Crippen LogP contribution in [0, 0.1) is 25.2 Å². The molecule has 3 heterocycles. The van der Waals surface area contributed by atoms with Crippen molar-refractivity contribution >= 4 is 45.3 Å². The normalized spacial score (nSPS) is 23.0. The highest BCUT2D eigenvalue weighted by Crippen LogP contribution is 2.43. The average molecular weight is 514 g/mol. The number of amides is 5. The molecule has 0 saturated carbocycles. The van der Waals surface area contributed by atoms with E-state index in [1.54, 1.807) is 19.1 Å². The van der Waals surface area contributed by atoms with E-state index < -0.39 is 46.1 Å². The molecule has 0 aromatic heterocycles. The summed E-state index contributed by atoms with van der Waals surface area (Å²) in [6.45, 7) is 3.54. The second kappa shape index (κ2) is 7.96. The van der Waals surface area contributed by atoms with Crippen LogP contribution in [0.2, 0.25) is 5.02 Å². The van der Waals surface area contributed by atoms with E-state index in [1.165, 1.54) is 34.1 Å². The molecule has 2 aromatic rings. The van der Waals surface area contributed by atoms with E-state index in [0.717, 1.165) is 10.5 Å². The summed E-state index contributed by atoms with van der Waals surface area (Å²) in [5.74, 6) is -0.523. The lowest BCUT2D eigenvalue weighted by Crippen LogP contribution is -2.57. The minimum Gasteiger partial charge on any atom is -0.316 e. The van der Waals surface area contributed by atoms with Crippen molar-refractivity contribution < 1.29 is 22.8 Å². The molecule has 5 rings (SSSR count). The number of carbonyl (C=O) groups excluding carboxylic acids is 3. The first-order chi connectivity index (χ1) is 16.5. The number of sulfonamides is 1. The molecule has 180 valence electrons. The lowest BCUT2D eigenvalue weighted by Gasteiger charge is -2.34. The van der Waals surface area contributed by atoms with Crippen LogP contribution in [0.25, 0.3) is 0 Å². The maximum Gasteiger partial charge on any atom is 0.332 e. The van der Waals surface area contributed by atoms with Crippen LogP contribution in [-0.4, -0.2) is 60.9 Å². The predicted octanol–water partition coefficient (Wildman–Crippen LogP) is 2.52. The average Bonchev–Trinajstić information content (AvgIpc) is 3.47. The number of hydrogen-bond donors (Lipinski definition) is 1. The van der Waals surface area contributed by atoms with E-state index in [9.17, 15) is 28.1 Å². The van der Waals surface area contributed by atoms with Crippen LogP contribution >= 0.6 is 11.6 Å². The Labute approximate surface area is 206 Å². The highest BCUT2D eigenvalue weighted by atomic mass is 35.5. The van der Waals surface area contributed by atoms with E-state index in [0.29, 0.717) is 12.0 Å². The molecular weight excluding hydrogens is 494 g/mol. The number of urea groups is 2. The van der Waals surface area contributed by atoms with Crippen LogP contribution in [-0.2, 0) is 14.8 Å². The number of benzene rings is 2. The molecule has 1 N–H and O–H groups in total. The molecule has 0 spiro atoms. The molecule has 0 radical (unpaired) electrons. The molecule has 35 heavy (non-hydrogen) atoms. The molecule has 2 aromatic carbocycles. The molecule has 0 unspecified atom stereocenters. The van der Waals surface area contributed by atoms with Gasteiger partial charge in [0, 0.05) is 6.54 Å². The van der Waals surface area contributed by atoms with Crippen LogP contribution in [0.4, 0.5) is 15.3 Å². The van der Waals surface area contributed by atoms with Crippen molar-refractivity contribution in [2.45, 2.75) is 43.3 Å². The van der Waals surface area contributed by atoms with Crippen LogP contribution in [0.5, 0.6) is 0 Å². The Morgan fingerprint density at radius 3 is 2.49 bits per heavy atom. The molecule has 2 bridgehead atoms. The number of imide groups is 1. The van der Waals surface area contributed by atoms with Crippen molar-refractivity contribution in [2.24, 2.45) is 0 Å². The summed E-state index contributed by atoms with van der Waals surface area (Å²) in [6.07, 6.45) is 0.376. The van der Waals surface area contributed by atoms with Crippen LogP contribution in [0.1, 0.15) is 23.1 Å². The topological polar surface area (TPSA) is 131 Å². The number of piperazine rings is 1. The van der Waals surface area contributed by atoms with Crippen molar-refractivity contribution in [3.05, 3.63) is 58.1 Å². The number of halogens is 1. The van der Waals surface area contributed by atoms with Crippen molar-refractivity contribution in [3.63, 3.8) is 0 Å². The minimum absolute atomic E-state index is 0.0473. The van der Waals surface area contributed by atoms with Gasteiger partial charge >= 0.3 is 12.1 Å². The number of nitrogens with one attached hydrogen (secondary N) is 1. The van der Waals surface area contributed by atoms with E-state index in [2.05, 4.69) is 4.72 Å². The molecular formula is C23H20ClN5O5S. The second-order valence-corrected chi connectivity index (χ2v) is 10.9. The molecule has 3 saturated heterocycles. The fraction of sp³-hybridized carbons (Fsp3) is 0.304. The number of fused-ring (bicyclic) bond motifs is 5. The number of likely N-dealkylation sites (tertiary alicyclic amines) is 1. The fourth-order valence-electron chi connectivity index (χ4n) is 5.07. The standard InChI is InChI=1S/C23H20ClN5O5S/c1-12-3-6-16(7-4-12)35(33,34)26-22(31)27-11-15-9-18(27)20-21(30)29(23(32)28(15)20)17-8-5-14(10-25)19(24)13(17)2/h3-8,15,18,20H,9,11H2,1-2H3,(H,26,31)/t15-,18-,20-/m0/s1. The third-order valence-electron chi connectivity index (χ3n) is 6.80. The molecule has 0 aliphatic carbocycles. The predicted molar refractivity (Wildman–Crippen MR) is 125 cm³/mol. The molecule has 10 nitrogen and oxygen atoms in total. The van der Waals surface area contributed by atoms with Gasteiger partial charge in [-0.2, -0.15) is 5.26 Å². The third kappa shape index (κ3) is 3.44. The van der Waals surface area contributed by atoms with Crippen molar-refractivity contribution in [1.82, 2.24) is 14.5 Å². The largest absolute Gasteiger partial charge is 0.332 e. The lowest BCUT2D eigenvalue weighted by molar-refractivity contribution is -0.120.